The molecule has 13 rings (SSSR count). The molecule has 21 heteroatoms. The lowest BCUT2D eigenvalue weighted by Crippen LogP contribution is -2.58. The predicted molar refractivity (Wildman–Crippen MR) is 325 cm³/mol. The van der Waals surface area contributed by atoms with Crippen LogP contribution in [0.4, 0.5) is 27.3 Å². The number of imide groups is 2. The van der Waals surface area contributed by atoms with Gasteiger partial charge in [0.15, 0.2) is 5.82 Å². The van der Waals surface area contributed by atoms with Crippen molar-refractivity contribution in [3.63, 3.8) is 0 Å². The van der Waals surface area contributed by atoms with Crippen molar-refractivity contribution < 1.29 is 42.7 Å². The van der Waals surface area contributed by atoms with Crippen LogP contribution in [-0.2, 0) is 19.8 Å². The Hall–Kier alpha value is -8.85. The Bertz CT molecular complexity index is 3850. The molecule has 8 heterocycles. The molecule has 6 aromatic rings. The highest BCUT2D eigenvalue weighted by molar-refractivity contribution is 6.25. The molecule has 1 spiro atoms. The molecular weight excluding hydrogens is 1110 g/mol. The number of amides is 8. The number of fused-ring (bicyclic) bond motifs is 4. The Morgan fingerprint density at radius 2 is 1.43 bits per heavy atom. The molecule has 87 heavy (non-hydrogen) atoms. The normalized spacial score (nSPS) is 21.3. The molecule has 4 aromatic carbocycles. The fraction of sp³-hybridized carbons (Fsp3) is 0.424. The standard InChI is InChI=1S/C66H71FN12O8/c1-37(2)69-59(81)46-34-50(48(67)30-39(46)5)71-58-57-51(68-36-77(57)38(3)4)35-49(70-58)42-16-17-47-54(31-42)78(44-32-43(33-44)73-22-7-6-8-23-73)65(87)66(47)20-24-75(25-21-66)61(83)40-12-14-41(15-13-40)62(84)76-28-26-74(27-29-76)52-11-9-10-45-56(52)64(86)79(63(45)85)53-18-19-55(80)72-60(53)82/h9-17,30-31,34-38,43-44,53H,6-8,18-29,32-33H2,1-5H3,(H,69,81)(H,70,71)(H,72,80,82). The van der Waals surface area contributed by atoms with Crippen LogP contribution in [-0.4, -0.2) is 158 Å². The third kappa shape index (κ3) is 10.1. The zero-order valence-corrected chi connectivity index (χ0v) is 49.7. The number of piperazine rings is 1. The van der Waals surface area contributed by atoms with E-state index in [0.29, 0.717) is 109 Å². The van der Waals surface area contributed by atoms with Gasteiger partial charge in [-0.25, -0.2) is 14.4 Å². The van der Waals surface area contributed by atoms with Crippen molar-refractivity contribution in [3.8, 4) is 11.3 Å². The summed E-state index contributed by atoms with van der Waals surface area (Å²) < 4.78 is 17.9. The fourth-order valence-electron chi connectivity index (χ4n) is 14.2. The van der Waals surface area contributed by atoms with E-state index >= 15 is 9.18 Å². The van der Waals surface area contributed by atoms with E-state index in [1.54, 1.807) is 65.5 Å². The SMILES string of the molecule is Cc1cc(F)c(Nc2nc(-c3ccc4c(c3)N(C3CC(N5CCCCC5)C3)C(=O)C43CCN(C(=O)c4ccc(C(=O)N5CCN(c6cccc7c6C(=O)N(C6CCC(=O)NC6=O)C7=O)CC5)cc4)CC3)cc3ncn(C(C)C)c23)cc1C(=O)NC(C)C. The Morgan fingerprint density at radius 3 is 2.09 bits per heavy atom. The number of imidazole rings is 1. The number of pyridine rings is 1. The summed E-state index contributed by atoms with van der Waals surface area (Å²) in [6, 6.07) is 21.8. The molecule has 2 aromatic heterocycles. The van der Waals surface area contributed by atoms with Crippen LogP contribution in [0, 0.1) is 12.7 Å². The number of piperidine rings is 3. The number of nitrogens with one attached hydrogen (secondary N) is 3. The second-order valence-corrected chi connectivity index (χ2v) is 25.0. The molecule has 1 unspecified atom stereocenters. The average molecular weight is 1180 g/mol. The first kappa shape index (κ1) is 57.2. The summed E-state index contributed by atoms with van der Waals surface area (Å²) in [5.74, 6) is -3.12. The fourth-order valence-corrected chi connectivity index (χ4v) is 14.2. The molecule has 1 aliphatic carbocycles. The molecule has 8 amide bonds. The van der Waals surface area contributed by atoms with Crippen LogP contribution in [0.1, 0.15) is 154 Å². The van der Waals surface area contributed by atoms with Crippen molar-refractivity contribution in [2.24, 2.45) is 0 Å². The molecular formula is C66H71FN12O8. The van der Waals surface area contributed by atoms with Gasteiger partial charge in [0.25, 0.3) is 29.5 Å². The lowest BCUT2D eigenvalue weighted by molar-refractivity contribution is -0.136. The molecule has 0 radical (unpaired) electrons. The van der Waals surface area contributed by atoms with E-state index in [9.17, 15) is 33.6 Å². The average Bonchev–Trinajstić information content (AvgIpc) is 1.58. The minimum atomic E-state index is -1.08. The van der Waals surface area contributed by atoms with Gasteiger partial charge in [-0.2, -0.15) is 0 Å². The third-order valence-corrected chi connectivity index (χ3v) is 19.0. The van der Waals surface area contributed by atoms with Gasteiger partial charge in [0.1, 0.15) is 17.4 Å². The summed E-state index contributed by atoms with van der Waals surface area (Å²) in [5.41, 5.74) is 6.26. The van der Waals surface area contributed by atoms with E-state index in [1.807, 2.05) is 54.2 Å². The highest BCUT2D eigenvalue weighted by Crippen LogP contribution is 2.52. The molecule has 5 fully saturated rings. The first-order valence-corrected chi connectivity index (χ1v) is 30.6. The number of rotatable bonds is 12. The molecule has 3 N–H and O–H groups in total. The molecule has 450 valence electrons. The van der Waals surface area contributed by atoms with E-state index in [2.05, 4.69) is 33.0 Å². The number of carbonyl (C=O) groups excluding carboxylic acids is 8. The summed E-state index contributed by atoms with van der Waals surface area (Å²) in [4.78, 5) is 130. The van der Waals surface area contributed by atoms with E-state index < -0.39 is 40.9 Å². The van der Waals surface area contributed by atoms with Crippen LogP contribution in [0.5, 0.6) is 0 Å². The number of aromatic nitrogens is 3. The second kappa shape index (κ2) is 22.5. The molecule has 0 bridgehead atoms. The number of aryl methyl sites for hydroxylation is 1. The van der Waals surface area contributed by atoms with Gasteiger partial charge in [-0.3, -0.25) is 48.6 Å². The number of benzene rings is 4. The van der Waals surface area contributed by atoms with E-state index in [1.165, 1.54) is 31.4 Å². The first-order chi connectivity index (χ1) is 41.9. The number of nitrogens with zero attached hydrogens (tertiary/aromatic N) is 9. The van der Waals surface area contributed by atoms with Crippen molar-refractivity contribution in [1.29, 1.82) is 0 Å². The second-order valence-electron chi connectivity index (χ2n) is 25.0. The summed E-state index contributed by atoms with van der Waals surface area (Å²) in [7, 11) is 0. The molecule has 20 nitrogen and oxygen atoms in total. The summed E-state index contributed by atoms with van der Waals surface area (Å²) in [6.45, 7) is 13.7. The highest BCUT2D eigenvalue weighted by Gasteiger charge is 2.56. The van der Waals surface area contributed by atoms with E-state index in [-0.39, 0.29) is 71.4 Å². The zero-order valence-electron chi connectivity index (χ0n) is 49.7. The lowest BCUT2D eigenvalue weighted by Gasteiger charge is -2.48. The molecule has 1 atom stereocenters. The number of hydrogen-bond donors (Lipinski definition) is 3. The number of halogens is 1. The van der Waals surface area contributed by atoms with Gasteiger partial charge in [-0.15, -0.1) is 0 Å². The monoisotopic (exact) mass is 1180 g/mol. The van der Waals surface area contributed by atoms with Crippen LogP contribution in [0.2, 0.25) is 0 Å². The first-order valence-electron chi connectivity index (χ1n) is 30.6. The van der Waals surface area contributed by atoms with Crippen LogP contribution in [0.25, 0.3) is 22.3 Å². The van der Waals surface area contributed by atoms with Crippen LogP contribution in [0.3, 0.4) is 0 Å². The van der Waals surface area contributed by atoms with Crippen molar-refractivity contribution in [3.05, 3.63) is 130 Å². The molecule has 6 aliphatic heterocycles. The number of likely N-dealkylation sites (tertiary alicyclic amines) is 2. The van der Waals surface area contributed by atoms with E-state index in [0.717, 1.165) is 47.6 Å². The van der Waals surface area contributed by atoms with Crippen molar-refractivity contribution in [1.82, 2.24) is 44.8 Å². The minimum absolute atomic E-state index is 0.00853. The lowest BCUT2D eigenvalue weighted by atomic mass is 9.73. The van der Waals surface area contributed by atoms with Crippen LogP contribution in [0.15, 0.2) is 85.2 Å². The maximum absolute atomic E-state index is 16.0. The van der Waals surface area contributed by atoms with E-state index in [4.69, 9.17) is 9.97 Å². The summed E-state index contributed by atoms with van der Waals surface area (Å²) in [5, 5.41) is 8.42. The van der Waals surface area contributed by atoms with Crippen LogP contribution < -0.4 is 25.8 Å². The number of carbonyl (C=O) groups is 8. The Kier molecular flexibility index (Phi) is 14.8. The number of hydrogen-bond acceptors (Lipinski definition) is 13. The maximum atomic E-state index is 16.0. The van der Waals surface area contributed by atoms with Crippen LogP contribution >= 0.6 is 0 Å². The van der Waals surface area contributed by atoms with Gasteiger partial charge < -0.3 is 39.7 Å². The Morgan fingerprint density at radius 1 is 0.736 bits per heavy atom. The summed E-state index contributed by atoms with van der Waals surface area (Å²) >= 11 is 0. The number of anilines is 4. The van der Waals surface area contributed by atoms with Crippen molar-refractivity contribution in [2.45, 2.75) is 128 Å². The van der Waals surface area contributed by atoms with Gasteiger partial charge in [0.05, 0.1) is 45.5 Å². The van der Waals surface area contributed by atoms with Gasteiger partial charge >= 0.3 is 0 Å². The smallest absolute Gasteiger partial charge is 0.264 e. The molecule has 1 saturated carbocycles. The Balaban J connectivity index is 0.716. The Labute approximate surface area is 503 Å². The summed E-state index contributed by atoms with van der Waals surface area (Å²) in [6.07, 6.45) is 7.99. The van der Waals surface area contributed by atoms with Gasteiger partial charge in [-0.1, -0.05) is 24.6 Å². The largest absolute Gasteiger partial charge is 0.367 e. The molecule has 4 saturated heterocycles. The topological polar surface area (TPSA) is 223 Å². The quantitative estimate of drug-likeness (QED) is 0.0993. The van der Waals surface area contributed by atoms with Gasteiger partial charge in [0.2, 0.25) is 17.7 Å². The maximum Gasteiger partial charge on any atom is 0.264 e. The highest BCUT2D eigenvalue weighted by atomic mass is 19.1. The zero-order chi connectivity index (χ0) is 60.7. The van der Waals surface area contributed by atoms with Gasteiger partial charge in [-0.05, 0) is 164 Å². The third-order valence-electron chi connectivity index (χ3n) is 19.0. The van der Waals surface area contributed by atoms with Crippen molar-refractivity contribution in [2.75, 3.05) is 67.5 Å². The predicted octanol–water partition coefficient (Wildman–Crippen LogP) is 7.91. The van der Waals surface area contributed by atoms with Gasteiger partial charge in [0, 0.05) is 97.8 Å². The molecule has 7 aliphatic rings. The minimum Gasteiger partial charge on any atom is -0.367 e. The van der Waals surface area contributed by atoms with Crippen molar-refractivity contribution >= 4 is 81.2 Å².